The number of hydrogen-bond acceptors (Lipinski definition) is 4. The number of carbonyl (C=O) groups is 1. The maximum Gasteiger partial charge on any atom is 0.244 e. The van der Waals surface area contributed by atoms with Gasteiger partial charge in [0.05, 0.1) is 17.2 Å². The van der Waals surface area contributed by atoms with Gasteiger partial charge < -0.3 is 5.32 Å². The number of aromatic nitrogens is 3. The van der Waals surface area contributed by atoms with Crippen LogP contribution < -0.4 is 5.32 Å². The van der Waals surface area contributed by atoms with E-state index >= 15 is 0 Å². The highest BCUT2D eigenvalue weighted by atomic mass is 35.5. The molecule has 7 heteroatoms. The summed E-state index contributed by atoms with van der Waals surface area (Å²) in [6.45, 7) is 7.24. The monoisotopic (exact) mass is 352 g/mol. The lowest BCUT2D eigenvalue weighted by Crippen LogP contribution is -2.19. The van der Waals surface area contributed by atoms with Gasteiger partial charge in [-0.3, -0.25) is 9.48 Å². The summed E-state index contributed by atoms with van der Waals surface area (Å²) in [6.07, 6.45) is 7.11. The van der Waals surface area contributed by atoms with E-state index in [2.05, 4.69) is 22.3 Å². The zero-order valence-electron chi connectivity index (χ0n) is 13.6. The smallest absolute Gasteiger partial charge is 0.244 e. The highest BCUT2D eigenvalue weighted by Gasteiger charge is 2.11. The summed E-state index contributed by atoms with van der Waals surface area (Å²) in [6, 6.07) is 0. The van der Waals surface area contributed by atoms with E-state index in [4.69, 9.17) is 11.6 Å². The molecule has 0 radical (unpaired) electrons. The summed E-state index contributed by atoms with van der Waals surface area (Å²) in [5.74, 6) is -0.159. The first-order valence-electron chi connectivity index (χ1n) is 7.61. The zero-order chi connectivity index (χ0) is 16.8. The van der Waals surface area contributed by atoms with Gasteiger partial charge in [0.2, 0.25) is 5.91 Å². The molecule has 0 fully saturated rings. The maximum absolute atomic E-state index is 11.9. The Kier molecular flexibility index (Phi) is 6.36. The standard InChI is InChI=1S/C16H21ClN4OS/c1-4-5-8-21-16(17)14(11(2)20-21)6-7-15(22)19-10-13-9-18-12(3)23-13/h6-7,9H,4-5,8,10H2,1-3H3,(H,19,22). The van der Waals surface area contributed by atoms with Crippen LogP contribution >= 0.6 is 22.9 Å². The minimum Gasteiger partial charge on any atom is -0.348 e. The Morgan fingerprint density at radius 3 is 2.91 bits per heavy atom. The van der Waals surface area contributed by atoms with E-state index in [1.807, 2.05) is 13.8 Å². The van der Waals surface area contributed by atoms with E-state index in [1.165, 1.54) is 6.08 Å². The summed E-state index contributed by atoms with van der Waals surface area (Å²) in [4.78, 5) is 17.1. The van der Waals surface area contributed by atoms with Crippen molar-refractivity contribution in [2.75, 3.05) is 0 Å². The molecular weight excluding hydrogens is 332 g/mol. The van der Waals surface area contributed by atoms with Crippen LogP contribution in [0.5, 0.6) is 0 Å². The lowest BCUT2D eigenvalue weighted by molar-refractivity contribution is -0.116. The number of nitrogens with zero attached hydrogens (tertiary/aromatic N) is 3. The average molecular weight is 353 g/mol. The van der Waals surface area contributed by atoms with Crippen LogP contribution in [0.3, 0.4) is 0 Å². The molecule has 1 N–H and O–H groups in total. The number of halogens is 1. The largest absolute Gasteiger partial charge is 0.348 e. The molecule has 0 bridgehead atoms. The van der Waals surface area contributed by atoms with E-state index in [-0.39, 0.29) is 5.91 Å². The molecule has 2 aromatic heterocycles. The van der Waals surface area contributed by atoms with Crippen LogP contribution in [0.2, 0.25) is 5.15 Å². The molecule has 23 heavy (non-hydrogen) atoms. The van der Waals surface area contributed by atoms with Gasteiger partial charge in [-0.15, -0.1) is 11.3 Å². The number of thiazole rings is 1. The summed E-state index contributed by atoms with van der Waals surface area (Å²) >= 11 is 7.91. The van der Waals surface area contributed by atoms with Crippen LogP contribution in [0.15, 0.2) is 12.3 Å². The topological polar surface area (TPSA) is 59.8 Å². The Hall–Kier alpha value is -1.66. The van der Waals surface area contributed by atoms with Gasteiger partial charge in [-0.05, 0) is 26.3 Å². The molecule has 0 saturated heterocycles. The lowest BCUT2D eigenvalue weighted by atomic mass is 10.2. The first-order valence-corrected chi connectivity index (χ1v) is 8.80. The van der Waals surface area contributed by atoms with Gasteiger partial charge >= 0.3 is 0 Å². The van der Waals surface area contributed by atoms with Crippen molar-refractivity contribution in [2.24, 2.45) is 0 Å². The van der Waals surface area contributed by atoms with Crippen LogP contribution in [0, 0.1) is 13.8 Å². The van der Waals surface area contributed by atoms with Crippen molar-refractivity contribution in [1.82, 2.24) is 20.1 Å². The number of carbonyl (C=O) groups excluding carboxylic acids is 1. The molecular formula is C16H21ClN4OS. The first kappa shape index (κ1) is 17.7. The maximum atomic E-state index is 11.9. The number of amides is 1. The van der Waals surface area contributed by atoms with E-state index in [1.54, 1.807) is 28.3 Å². The Morgan fingerprint density at radius 1 is 1.48 bits per heavy atom. The molecule has 0 unspecified atom stereocenters. The predicted molar refractivity (Wildman–Crippen MR) is 94.6 cm³/mol. The highest BCUT2D eigenvalue weighted by Crippen LogP contribution is 2.21. The minimum atomic E-state index is -0.159. The van der Waals surface area contributed by atoms with Crippen LogP contribution in [0.1, 0.15) is 40.9 Å². The zero-order valence-corrected chi connectivity index (χ0v) is 15.2. The second-order valence-electron chi connectivity index (χ2n) is 5.26. The van der Waals surface area contributed by atoms with E-state index in [0.29, 0.717) is 11.7 Å². The minimum absolute atomic E-state index is 0.159. The Morgan fingerprint density at radius 2 is 2.26 bits per heavy atom. The Bertz CT molecular complexity index is 705. The quantitative estimate of drug-likeness (QED) is 0.772. The normalized spacial score (nSPS) is 11.3. The second-order valence-corrected chi connectivity index (χ2v) is 6.94. The van der Waals surface area contributed by atoms with Crippen LogP contribution in [0.25, 0.3) is 6.08 Å². The van der Waals surface area contributed by atoms with Crippen molar-refractivity contribution in [1.29, 1.82) is 0 Å². The summed E-state index contributed by atoms with van der Waals surface area (Å²) in [7, 11) is 0. The molecule has 2 heterocycles. The predicted octanol–water partition coefficient (Wildman–Crippen LogP) is 3.74. The fourth-order valence-electron chi connectivity index (χ4n) is 2.09. The number of unbranched alkanes of at least 4 members (excludes halogenated alkanes) is 1. The van der Waals surface area contributed by atoms with E-state index in [0.717, 1.165) is 40.5 Å². The van der Waals surface area contributed by atoms with Crippen LogP contribution in [0.4, 0.5) is 0 Å². The molecule has 0 atom stereocenters. The van der Waals surface area contributed by atoms with Crippen molar-refractivity contribution >= 4 is 34.9 Å². The SMILES string of the molecule is CCCCn1nc(C)c(C=CC(=O)NCc2cnc(C)s2)c1Cl. The number of hydrogen-bond donors (Lipinski definition) is 1. The van der Waals surface area contributed by atoms with Crippen molar-refractivity contribution < 1.29 is 4.79 Å². The fraction of sp³-hybridized carbons (Fsp3) is 0.438. The third-order valence-electron chi connectivity index (χ3n) is 3.34. The van der Waals surface area contributed by atoms with Gasteiger partial charge in [-0.25, -0.2) is 4.98 Å². The molecule has 2 aromatic rings. The third-order valence-corrected chi connectivity index (χ3v) is 4.65. The summed E-state index contributed by atoms with van der Waals surface area (Å²) < 4.78 is 1.79. The summed E-state index contributed by atoms with van der Waals surface area (Å²) in [5.41, 5.74) is 1.62. The fourth-order valence-corrected chi connectivity index (χ4v) is 3.15. The van der Waals surface area contributed by atoms with E-state index in [9.17, 15) is 4.79 Å². The number of nitrogens with one attached hydrogen (secondary N) is 1. The highest BCUT2D eigenvalue weighted by molar-refractivity contribution is 7.11. The average Bonchev–Trinajstić information content (AvgIpc) is 3.05. The van der Waals surface area contributed by atoms with Crippen LogP contribution in [-0.2, 0) is 17.9 Å². The second kappa shape index (κ2) is 8.26. The molecule has 0 spiro atoms. The number of aryl methyl sites for hydroxylation is 3. The lowest BCUT2D eigenvalue weighted by Gasteiger charge is -2.01. The third kappa shape index (κ3) is 4.91. The Labute approximate surface area is 145 Å². The van der Waals surface area contributed by atoms with Crippen LogP contribution in [-0.4, -0.2) is 20.7 Å². The van der Waals surface area contributed by atoms with Gasteiger partial charge in [0.25, 0.3) is 0 Å². The van der Waals surface area contributed by atoms with Crippen molar-refractivity contribution in [3.63, 3.8) is 0 Å². The molecule has 0 aliphatic carbocycles. The van der Waals surface area contributed by atoms with Gasteiger partial charge in [-0.2, -0.15) is 5.10 Å². The van der Waals surface area contributed by atoms with Crippen molar-refractivity contribution in [3.8, 4) is 0 Å². The van der Waals surface area contributed by atoms with Gasteiger partial charge in [-0.1, -0.05) is 24.9 Å². The molecule has 0 aliphatic rings. The van der Waals surface area contributed by atoms with Gasteiger partial charge in [0, 0.05) is 29.3 Å². The molecule has 0 aliphatic heterocycles. The Balaban J connectivity index is 1.96. The summed E-state index contributed by atoms with van der Waals surface area (Å²) in [5, 5.41) is 8.83. The van der Waals surface area contributed by atoms with Gasteiger partial charge in [0.1, 0.15) is 5.15 Å². The van der Waals surface area contributed by atoms with Crippen molar-refractivity contribution in [2.45, 2.75) is 46.7 Å². The molecule has 0 aromatic carbocycles. The molecule has 2 rings (SSSR count). The van der Waals surface area contributed by atoms with Gasteiger partial charge in [0.15, 0.2) is 0 Å². The van der Waals surface area contributed by atoms with Crippen molar-refractivity contribution in [3.05, 3.63) is 38.6 Å². The first-order chi connectivity index (χ1) is 11.0. The van der Waals surface area contributed by atoms with E-state index < -0.39 is 0 Å². The molecule has 124 valence electrons. The molecule has 0 saturated carbocycles. The molecule has 1 amide bonds. The molecule has 5 nitrogen and oxygen atoms in total. The number of rotatable bonds is 7.